The number of carbonyl (C=O) groups is 2. The topological polar surface area (TPSA) is 93.3 Å². The highest BCUT2D eigenvalue weighted by Crippen LogP contribution is 2.27. The molecule has 0 aliphatic carbocycles. The van der Waals surface area contributed by atoms with Crippen LogP contribution in [0, 0.1) is 5.82 Å². The first-order chi connectivity index (χ1) is 16.0. The molecule has 0 saturated heterocycles. The van der Waals surface area contributed by atoms with E-state index in [-0.39, 0.29) is 42.1 Å². The molecule has 0 saturated carbocycles. The van der Waals surface area contributed by atoms with Gasteiger partial charge in [-0.25, -0.2) is 4.39 Å². The van der Waals surface area contributed by atoms with Gasteiger partial charge in [0.1, 0.15) is 5.82 Å². The van der Waals surface area contributed by atoms with Crippen molar-refractivity contribution in [3.05, 3.63) is 81.9 Å². The van der Waals surface area contributed by atoms with Gasteiger partial charge in [0.2, 0.25) is 0 Å². The molecule has 0 bridgehead atoms. The molecule has 168 valence electrons. The number of carbonyl (C=O) groups excluding carboxylic acids is 2. The number of amides is 2. The lowest BCUT2D eigenvalue weighted by atomic mass is 10.0. The van der Waals surface area contributed by atoms with Crippen LogP contribution in [0.2, 0.25) is 0 Å². The van der Waals surface area contributed by atoms with E-state index < -0.39 is 0 Å². The Balaban J connectivity index is 1.31. The smallest absolute Gasteiger partial charge is 0.276 e. The standard InChI is InChI=1S/C23H20FN5O3S/c1-28-18-8-9-29(23(31)17-11-19(32-27-17)20-3-2-10-33-20)13-16(18)21(26-28)22(30)25-12-14-4-6-15(24)7-5-14/h2-7,10-11H,8-9,12-13H2,1H3,(H,25,30). The Labute approximate surface area is 192 Å². The van der Waals surface area contributed by atoms with Crippen molar-refractivity contribution in [2.75, 3.05) is 6.54 Å². The number of nitrogens with zero attached hydrogens (tertiary/aromatic N) is 4. The van der Waals surface area contributed by atoms with Crippen molar-refractivity contribution in [1.29, 1.82) is 0 Å². The van der Waals surface area contributed by atoms with E-state index >= 15 is 0 Å². The fraction of sp³-hybridized carbons (Fsp3) is 0.217. The number of nitrogens with one attached hydrogen (secondary N) is 1. The molecule has 0 spiro atoms. The first-order valence-corrected chi connectivity index (χ1v) is 11.2. The SMILES string of the molecule is Cn1nc(C(=O)NCc2ccc(F)cc2)c2c1CCN(C(=O)c1cc(-c3cccs3)on1)C2. The quantitative estimate of drug-likeness (QED) is 0.488. The van der Waals surface area contributed by atoms with E-state index in [0.29, 0.717) is 18.7 Å². The predicted molar refractivity (Wildman–Crippen MR) is 119 cm³/mol. The van der Waals surface area contributed by atoms with Crippen LogP contribution >= 0.6 is 11.3 Å². The Morgan fingerprint density at radius 3 is 2.82 bits per heavy atom. The van der Waals surface area contributed by atoms with Crippen LogP contribution in [0.3, 0.4) is 0 Å². The van der Waals surface area contributed by atoms with Crippen LogP contribution in [0.15, 0.2) is 52.4 Å². The number of rotatable bonds is 5. The van der Waals surface area contributed by atoms with Crippen molar-refractivity contribution < 1.29 is 18.5 Å². The van der Waals surface area contributed by atoms with Crippen molar-refractivity contribution in [1.82, 2.24) is 25.2 Å². The number of aryl methyl sites for hydroxylation is 1. The molecular formula is C23H20FN5O3S. The molecule has 4 heterocycles. The number of aromatic nitrogens is 3. The van der Waals surface area contributed by atoms with Crippen molar-refractivity contribution in [3.8, 4) is 10.6 Å². The summed E-state index contributed by atoms with van der Waals surface area (Å²) in [5, 5.41) is 13.1. The van der Waals surface area contributed by atoms with E-state index in [1.165, 1.54) is 23.5 Å². The summed E-state index contributed by atoms with van der Waals surface area (Å²) in [6, 6.07) is 11.4. The maximum absolute atomic E-state index is 13.1. The van der Waals surface area contributed by atoms with Gasteiger partial charge in [0.05, 0.1) is 11.4 Å². The zero-order chi connectivity index (χ0) is 22.9. The Kier molecular flexibility index (Phi) is 5.51. The molecule has 1 aliphatic rings. The molecule has 5 rings (SSSR count). The highest BCUT2D eigenvalue weighted by Gasteiger charge is 2.31. The molecule has 10 heteroatoms. The molecule has 1 N–H and O–H groups in total. The van der Waals surface area contributed by atoms with Gasteiger partial charge in [0, 0.05) is 43.9 Å². The monoisotopic (exact) mass is 465 g/mol. The number of hydrogen-bond donors (Lipinski definition) is 1. The second-order valence-corrected chi connectivity index (χ2v) is 8.68. The first kappa shape index (κ1) is 21.1. The third-order valence-electron chi connectivity index (χ3n) is 5.60. The number of hydrogen-bond acceptors (Lipinski definition) is 6. The maximum Gasteiger partial charge on any atom is 0.276 e. The first-order valence-electron chi connectivity index (χ1n) is 10.4. The zero-order valence-corrected chi connectivity index (χ0v) is 18.6. The van der Waals surface area contributed by atoms with Gasteiger partial charge in [-0.1, -0.05) is 23.4 Å². The number of fused-ring (bicyclic) bond motifs is 1. The molecule has 0 radical (unpaired) electrons. The van der Waals surface area contributed by atoms with E-state index in [4.69, 9.17) is 4.52 Å². The average molecular weight is 466 g/mol. The second kappa shape index (κ2) is 8.62. The molecule has 3 aromatic heterocycles. The molecule has 0 fully saturated rings. The minimum absolute atomic E-state index is 0.230. The number of thiophene rings is 1. The Morgan fingerprint density at radius 1 is 1.24 bits per heavy atom. The van der Waals surface area contributed by atoms with Crippen LogP contribution in [0.5, 0.6) is 0 Å². The minimum atomic E-state index is -0.341. The summed E-state index contributed by atoms with van der Waals surface area (Å²) in [7, 11) is 1.79. The van der Waals surface area contributed by atoms with Crippen LogP contribution < -0.4 is 5.32 Å². The molecule has 4 aromatic rings. The normalized spacial score (nSPS) is 13.1. The van der Waals surface area contributed by atoms with Crippen molar-refractivity contribution in [2.24, 2.45) is 7.05 Å². The lowest BCUT2D eigenvalue weighted by Gasteiger charge is -2.26. The lowest BCUT2D eigenvalue weighted by molar-refractivity contribution is 0.0720. The summed E-state index contributed by atoms with van der Waals surface area (Å²) in [5.74, 6) is -0.378. The summed E-state index contributed by atoms with van der Waals surface area (Å²) >= 11 is 1.51. The molecule has 2 amide bonds. The third kappa shape index (κ3) is 4.17. The van der Waals surface area contributed by atoms with Gasteiger partial charge in [-0.15, -0.1) is 11.3 Å². The van der Waals surface area contributed by atoms with Crippen LogP contribution in [0.25, 0.3) is 10.6 Å². The van der Waals surface area contributed by atoms with Crippen molar-refractivity contribution in [3.63, 3.8) is 0 Å². The van der Waals surface area contributed by atoms with Crippen LogP contribution in [0.4, 0.5) is 4.39 Å². The minimum Gasteiger partial charge on any atom is -0.355 e. The largest absolute Gasteiger partial charge is 0.355 e. The van der Waals surface area contributed by atoms with E-state index in [0.717, 1.165) is 21.7 Å². The molecule has 0 atom stereocenters. The van der Waals surface area contributed by atoms with Gasteiger partial charge in [0.15, 0.2) is 17.1 Å². The summed E-state index contributed by atoms with van der Waals surface area (Å²) in [6.45, 7) is 0.989. The molecule has 1 aromatic carbocycles. The molecular weight excluding hydrogens is 445 g/mol. The second-order valence-electron chi connectivity index (χ2n) is 7.74. The number of benzene rings is 1. The predicted octanol–water partition coefficient (Wildman–Crippen LogP) is 3.40. The van der Waals surface area contributed by atoms with Crippen LogP contribution in [-0.2, 0) is 26.6 Å². The molecule has 33 heavy (non-hydrogen) atoms. The summed E-state index contributed by atoms with van der Waals surface area (Å²) in [4.78, 5) is 28.5. The number of halogens is 1. The van der Waals surface area contributed by atoms with E-state index in [1.807, 2.05) is 17.5 Å². The molecule has 8 nitrogen and oxygen atoms in total. The van der Waals surface area contributed by atoms with E-state index in [2.05, 4.69) is 15.6 Å². The lowest BCUT2D eigenvalue weighted by Crippen LogP contribution is -2.37. The van der Waals surface area contributed by atoms with Crippen LogP contribution in [-0.4, -0.2) is 38.2 Å². The van der Waals surface area contributed by atoms with Gasteiger partial charge >= 0.3 is 0 Å². The Hall–Kier alpha value is -3.79. The highest BCUT2D eigenvalue weighted by atomic mass is 32.1. The van der Waals surface area contributed by atoms with Gasteiger partial charge < -0.3 is 14.7 Å². The highest BCUT2D eigenvalue weighted by molar-refractivity contribution is 7.13. The Bertz CT molecular complexity index is 1310. The summed E-state index contributed by atoms with van der Waals surface area (Å²) < 4.78 is 20.1. The van der Waals surface area contributed by atoms with Gasteiger partial charge in [-0.2, -0.15) is 5.10 Å². The Morgan fingerprint density at radius 2 is 2.06 bits per heavy atom. The van der Waals surface area contributed by atoms with Gasteiger partial charge in [-0.05, 0) is 29.1 Å². The average Bonchev–Trinajstić information content (AvgIpc) is 3.58. The van der Waals surface area contributed by atoms with E-state index in [9.17, 15) is 14.0 Å². The maximum atomic E-state index is 13.1. The van der Waals surface area contributed by atoms with Crippen molar-refractivity contribution >= 4 is 23.2 Å². The summed E-state index contributed by atoms with van der Waals surface area (Å²) in [6.07, 6.45) is 0.575. The third-order valence-corrected chi connectivity index (χ3v) is 6.49. The molecule has 0 unspecified atom stereocenters. The van der Waals surface area contributed by atoms with Gasteiger partial charge in [0.25, 0.3) is 11.8 Å². The zero-order valence-electron chi connectivity index (χ0n) is 17.7. The van der Waals surface area contributed by atoms with Crippen LogP contribution in [0.1, 0.15) is 37.8 Å². The van der Waals surface area contributed by atoms with E-state index in [1.54, 1.807) is 34.8 Å². The fourth-order valence-corrected chi connectivity index (χ4v) is 4.56. The molecule has 1 aliphatic heterocycles. The summed E-state index contributed by atoms with van der Waals surface area (Å²) in [5.41, 5.74) is 2.93. The van der Waals surface area contributed by atoms with Gasteiger partial charge in [-0.3, -0.25) is 14.3 Å². The van der Waals surface area contributed by atoms with Crippen molar-refractivity contribution in [2.45, 2.75) is 19.5 Å². The fourth-order valence-electron chi connectivity index (χ4n) is 3.89.